The number of rotatable bonds is 3. The predicted molar refractivity (Wildman–Crippen MR) is 83.0 cm³/mol. The second-order valence-corrected chi connectivity index (χ2v) is 5.47. The van der Waals surface area contributed by atoms with Crippen LogP contribution in [-0.2, 0) is 6.42 Å². The fourth-order valence-corrected chi connectivity index (χ4v) is 2.14. The largest absolute Gasteiger partial charge is 0.322 e. The molecule has 1 aromatic carbocycles. The second kappa shape index (κ2) is 6.13. The van der Waals surface area contributed by atoms with E-state index < -0.39 is 0 Å². The minimum atomic E-state index is -0.151. The van der Waals surface area contributed by atoms with Crippen LogP contribution in [0.4, 0.5) is 5.69 Å². The van der Waals surface area contributed by atoms with E-state index in [0.717, 1.165) is 21.4 Å². The first kappa shape index (κ1) is 14.7. The van der Waals surface area contributed by atoms with Crippen LogP contribution in [0.3, 0.4) is 0 Å². The van der Waals surface area contributed by atoms with E-state index in [1.807, 2.05) is 39.0 Å². The van der Waals surface area contributed by atoms with Gasteiger partial charge >= 0.3 is 0 Å². The molecule has 0 aliphatic rings. The SMILES string of the molecule is CCc1nnc(C)cc1C(=O)Nc1ccc(Br)c(C)c1. The Bertz CT molecular complexity index is 656. The summed E-state index contributed by atoms with van der Waals surface area (Å²) in [7, 11) is 0. The number of nitrogens with zero attached hydrogens (tertiary/aromatic N) is 2. The second-order valence-electron chi connectivity index (χ2n) is 4.62. The third-order valence-corrected chi connectivity index (χ3v) is 3.88. The lowest BCUT2D eigenvalue weighted by molar-refractivity contribution is 0.102. The van der Waals surface area contributed by atoms with Gasteiger partial charge in [0, 0.05) is 10.2 Å². The molecular weight excluding hydrogens is 318 g/mol. The summed E-state index contributed by atoms with van der Waals surface area (Å²) in [5.74, 6) is -0.151. The van der Waals surface area contributed by atoms with Gasteiger partial charge in [0.25, 0.3) is 5.91 Å². The van der Waals surface area contributed by atoms with Crippen LogP contribution in [0.5, 0.6) is 0 Å². The highest BCUT2D eigenvalue weighted by Gasteiger charge is 2.13. The average Bonchev–Trinajstić information content (AvgIpc) is 2.43. The third-order valence-electron chi connectivity index (χ3n) is 2.99. The number of halogens is 1. The van der Waals surface area contributed by atoms with E-state index in [1.54, 1.807) is 6.07 Å². The first-order valence-corrected chi connectivity index (χ1v) is 7.21. The summed E-state index contributed by atoms with van der Waals surface area (Å²) in [6.45, 7) is 5.77. The molecule has 1 aromatic heterocycles. The Kier molecular flexibility index (Phi) is 4.49. The molecule has 1 heterocycles. The Balaban J connectivity index is 2.27. The van der Waals surface area contributed by atoms with Gasteiger partial charge in [-0.2, -0.15) is 10.2 Å². The maximum Gasteiger partial charge on any atom is 0.257 e. The van der Waals surface area contributed by atoms with E-state index in [4.69, 9.17) is 0 Å². The number of benzene rings is 1. The monoisotopic (exact) mass is 333 g/mol. The van der Waals surface area contributed by atoms with Gasteiger partial charge in [-0.1, -0.05) is 22.9 Å². The molecule has 0 bridgehead atoms. The highest BCUT2D eigenvalue weighted by molar-refractivity contribution is 9.10. The first-order valence-electron chi connectivity index (χ1n) is 6.42. The fraction of sp³-hybridized carbons (Fsp3) is 0.267. The van der Waals surface area contributed by atoms with Gasteiger partial charge in [-0.3, -0.25) is 4.79 Å². The topological polar surface area (TPSA) is 54.9 Å². The number of nitrogens with one attached hydrogen (secondary N) is 1. The van der Waals surface area contributed by atoms with Crippen LogP contribution >= 0.6 is 15.9 Å². The summed E-state index contributed by atoms with van der Waals surface area (Å²) in [6, 6.07) is 7.48. The molecule has 0 unspecified atom stereocenters. The number of hydrogen-bond acceptors (Lipinski definition) is 3. The summed E-state index contributed by atoms with van der Waals surface area (Å²) in [4.78, 5) is 12.4. The molecule has 0 spiro atoms. The van der Waals surface area contributed by atoms with Gasteiger partial charge in [0.15, 0.2) is 0 Å². The van der Waals surface area contributed by atoms with E-state index in [9.17, 15) is 4.79 Å². The molecule has 104 valence electrons. The van der Waals surface area contributed by atoms with Crippen molar-refractivity contribution in [3.05, 3.63) is 51.3 Å². The Morgan fingerprint density at radius 2 is 2.00 bits per heavy atom. The molecular formula is C15H16BrN3O. The summed E-state index contributed by atoms with van der Waals surface area (Å²) < 4.78 is 1.02. The standard InChI is InChI=1S/C15H16BrN3O/c1-4-14-12(8-10(3)18-19-14)15(20)17-11-5-6-13(16)9(2)7-11/h5-8H,4H2,1-3H3,(H,17,20). The van der Waals surface area contributed by atoms with E-state index >= 15 is 0 Å². The van der Waals surface area contributed by atoms with Crippen LogP contribution in [0.25, 0.3) is 0 Å². The Morgan fingerprint density at radius 3 is 2.65 bits per heavy atom. The Labute approximate surface area is 126 Å². The summed E-state index contributed by atoms with van der Waals surface area (Å²) in [5.41, 5.74) is 3.87. The number of amides is 1. The number of aryl methyl sites for hydroxylation is 3. The quantitative estimate of drug-likeness (QED) is 0.932. The summed E-state index contributed by atoms with van der Waals surface area (Å²) in [6.07, 6.45) is 0.676. The molecule has 1 amide bonds. The zero-order valence-corrected chi connectivity index (χ0v) is 13.3. The van der Waals surface area contributed by atoms with Crippen LogP contribution in [0.15, 0.2) is 28.7 Å². The van der Waals surface area contributed by atoms with E-state index in [1.165, 1.54) is 0 Å². The van der Waals surface area contributed by atoms with Crippen molar-refractivity contribution in [2.75, 3.05) is 5.32 Å². The van der Waals surface area contributed by atoms with Crippen LogP contribution in [0.2, 0.25) is 0 Å². The zero-order valence-electron chi connectivity index (χ0n) is 11.7. The van der Waals surface area contributed by atoms with Crippen molar-refractivity contribution >= 4 is 27.5 Å². The maximum atomic E-state index is 12.4. The van der Waals surface area contributed by atoms with E-state index in [0.29, 0.717) is 17.7 Å². The summed E-state index contributed by atoms with van der Waals surface area (Å²) >= 11 is 3.44. The molecule has 4 nitrogen and oxygen atoms in total. The van der Waals surface area contributed by atoms with Gasteiger partial charge in [0.2, 0.25) is 0 Å². The number of anilines is 1. The van der Waals surface area contributed by atoms with Crippen molar-refractivity contribution in [3.8, 4) is 0 Å². The Hall–Kier alpha value is -1.75. The molecule has 0 atom stereocenters. The minimum Gasteiger partial charge on any atom is -0.322 e. The zero-order chi connectivity index (χ0) is 14.7. The van der Waals surface area contributed by atoms with Crippen molar-refractivity contribution < 1.29 is 4.79 Å². The van der Waals surface area contributed by atoms with Crippen LogP contribution < -0.4 is 5.32 Å². The van der Waals surface area contributed by atoms with Crippen molar-refractivity contribution in [1.82, 2.24) is 10.2 Å². The van der Waals surface area contributed by atoms with Crippen LogP contribution in [0.1, 0.15) is 34.2 Å². The van der Waals surface area contributed by atoms with Gasteiger partial charge in [-0.15, -0.1) is 0 Å². The lowest BCUT2D eigenvalue weighted by atomic mass is 10.1. The molecule has 0 radical (unpaired) electrons. The number of carbonyl (C=O) groups excluding carboxylic acids is 1. The predicted octanol–water partition coefficient (Wildman–Crippen LogP) is 3.67. The van der Waals surface area contributed by atoms with Gasteiger partial charge in [0.1, 0.15) is 0 Å². The lowest BCUT2D eigenvalue weighted by Crippen LogP contribution is -2.16. The molecule has 0 fully saturated rings. The molecule has 1 N–H and O–H groups in total. The smallest absolute Gasteiger partial charge is 0.257 e. The molecule has 0 saturated carbocycles. The highest BCUT2D eigenvalue weighted by atomic mass is 79.9. The molecule has 5 heteroatoms. The maximum absolute atomic E-state index is 12.4. The molecule has 2 rings (SSSR count). The molecule has 2 aromatic rings. The van der Waals surface area contributed by atoms with Crippen LogP contribution in [-0.4, -0.2) is 16.1 Å². The van der Waals surface area contributed by atoms with Crippen molar-refractivity contribution in [3.63, 3.8) is 0 Å². The van der Waals surface area contributed by atoms with Crippen molar-refractivity contribution in [1.29, 1.82) is 0 Å². The lowest BCUT2D eigenvalue weighted by Gasteiger charge is -2.09. The van der Waals surface area contributed by atoms with Crippen molar-refractivity contribution in [2.45, 2.75) is 27.2 Å². The molecule has 20 heavy (non-hydrogen) atoms. The highest BCUT2D eigenvalue weighted by Crippen LogP contribution is 2.21. The third kappa shape index (κ3) is 3.22. The minimum absolute atomic E-state index is 0.151. The van der Waals surface area contributed by atoms with E-state index in [2.05, 4.69) is 31.4 Å². The van der Waals surface area contributed by atoms with Gasteiger partial charge in [-0.25, -0.2) is 0 Å². The first-order chi connectivity index (χ1) is 9.51. The van der Waals surface area contributed by atoms with Gasteiger partial charge in [-0.05, 0) is 50.1 Å². The Morgan fingerprint density at radius 1 is 1.25 bits per heavy atom. The van der Waals surface area contributed by atoms with E-state index in [-0.39, 0.29) is 5.91 Å². The number of aromatic nitrogens is 2. The van der Waals surface area contributed by atoms with Gasteiger partial charge < -0.3 is 5.32 Å². The molecule has 0 aliphatic carbocycles. The van der Waals surface area contributed by atoms with Crippen molar-refractivity contribution in [2.24, 2.45) is 0 Å². The normalized spacial score (nSPS) is 10.4. The number of hydrogen-bond donors (Lipinski definition) is 1. The summed E-state index contributed by atoms with van der Waals surface area (Å²) in [5, 5.41) is 11.0. The number of carbonyl (C=O) groups is 1. The van der Waals surface area contributed by atoms with Crippen LogP contribution in [0, 0.1) is 13.8 Å². The fourth-order valence-electron chi connectivity index (χ4n) is 1.89. The average molecular weight is 334 g/mol. The molecule has 0 saturated heterocycles. The van der Waals surface area contributed by atoms with Gasteiger partial charge in [0.05, 0.1) is 17.0 Å². The molecule has 0 aliphatic heterocycles.